The highest BCUT2D eigenvalue weighted by atomic mass is 14.8. The Morgan fingerprint density at radius 3 is 1.50 bits per heavy atom. The fraction of sp³-hybridized carbons (Fsp3) is 0. The topological polar surface area (TPSA) is 57.4 Å². The Bertz CT molecular complexity index is 304. The molecule has 0 aliphatic heterocycles. The van der Waals surface area contributed by atoms with Gasteiger partial charge in [-0.1, -0.05) is 6.07 Å². The molecule has 3 rings (SSSR count). The van der Waals surface area contributed by atoms with Gasteiger partial charge in [-0.2, -0.15) is 0 Å². The average molecular weight is 214 g/mol. The van der Waals surface area contributed by atoms with Gasteiger partial charge in [0.25, 0.3) is 0 Å². The van der Waals surface area contributed by atoms with Crippen LogP contribution in [0.15, 0.2) is 73.8 Å². The van der Waals surface area contributed by atoms with Gasteiger partial charge in [0.05, 0.1) is 6.33 Å². The zero-order valence-electron chi connectivity index (χ0n) is 8.82. The first kappa shape index (κ1) is 11.7. The van der Waals surface area contributed by atoms with Gasteiger partial charge < -0.3 is 9.97 Å². The van der Waals surface area contributed by atoms with Crippen molar-refractivity contribution in [3.8, 4) is 0 Å². The van der Waals surface area contributed by atoms with Crippen LogP contribution < -0.4 is 0 Å². The molecule has 0 aromatic carbocycles. The molecule has 0 atom stereocenters. The van der Waals surface area contributed by atoms with Crippen LogP contribution >= 0.6 is 0 Å². The number of pyridine rings is 1. The molecule has 0 fully saturated rings. The number of hydrogen-bond donors (Lipinski definition) is 2. The second-order valence-electron chi connectivity index (χ2n) is 2.67. The van der Waals surface area contributed by atoms with Gasteiger partial charge in [0.2, 0.25) is 0 Å². The smallest absolute Gasteiger partial charge is 0.0919 e. The summed E-state index contributed by atoms with van der Waals surface area (Å²) in [6.45, 7) is 0. The van der Waals surface area contributed by atoms with Crippen LogP contribution in [0.4, 0.5) is 0 Å². The summed E-state index contributed by atoms with van der Waals surface area (Å²) in [7, 11) is 0. The second-order valence-corrected chi connectivity index (χ2v) is 2.67. The predicted molar refractivity (Wildman–Crippen MR) is 63.6 cm³/mol. The van der Waals surface area contributed by atoms with Gasteiger partial charge in [-0.05, 0) is 24.3 Å². The van der Waals surface area contributed by atoms with E-state index >= 15 is 0 Å². The van der Waals surface area contributed by atoms with Gasteiger partial charge in [-0.25, -0.2) is 4.98 Å². The van der Waals surface area contributed by atoms with Crippen LogP contribution in [0.3, 0.4) is 0 Å². The minimum Gasteiger partial charge on any atom is -0.368 e. The van der Waals surface area contributed by atoms with E-state index in [1.165, 1.54) is 0 Å². The Morgan fingerprint density at radius 2 is 1.31 bits per heavy atom. The molecule has 2 N–H and O–H groups in total. The SMILES string of the molecule is c1c[nH]cn1.c1cc[nH]c1.c1ccncc1. The van der Waals surface area contributed by atoms with Crippen molar-refractivity contribution in [2.45, 2.75) is 0 Å². The Kier molecular flexibility index (Phi) is 6.74. The van der Waals surface area contributed by atoms with Gasteiger partial charge in [-0.3, -0.25) is 4.98 Å². The van der Waals surface area contributed by atoms with Crippen molar-refractivity contribution in [1.29, 1.82) is 0 Å². The van der Waals surface area contributed by atoms with E-state index in [0.717, 1.165) is 0 Å². The van der Waals surface area contributed by atoms with Crippen LogP contribution in [0.2, 0.25) is 0 Å². The standard InChI is InChI=1S/C5H5N.C4H5N.C3H4N2/c1-2-4-6-5-3-1;1-2-4-5-3-1;1-2-5-3-4-1/h1-5H;1-5H;1-3H,(H,4,5). The third kappa shape index (κ3) is 7.08. The number of aromatic amines is 2. The molecular weight excluding hydrogens is 200 g/mol. The number of imidazole rings is 1. The van der Waals surface area contributed by atoms with Crippen LogP contribution in [-0.2, 0) is 0 Å². The van der Waals surface area contributed by atoms with Crippen LogP contribution in [0.25, 0.3) is 0 Å². The molecule has 3 heterocycles. The third-order valence-corrected chi connectivity index (χ3v) is 1.47. The summed E-state index contributed by atoms with van der Waals surface area (Å²) in [4.78, 5) is 13.1. The molecule has 16 heavy (non-hydrogen) atoms. The van der Waals surface area contributed by atoms with Gasteiger partial charge >= 0.3 is 0 Å². The van der Waals surface area contributed by atoms with Crippen molar-refractivity contribution in [2.24, 2.45) is 0 Å². The molecule has 0 unspecified atom stereocenters. The monoisotopic (exact) mass is 214 g/mol. The maximum Gasteiger partial charge on any atom is 0.0919 e. The number of rotatable bonds is 0. The highest BCUT2D eigenvalue weighted by molar-refractivity contribution is 4.88. The molecule has 0 amide bonds. The molecule has 0 saturated carbocycles. The Hall–Kier alpha value is -2.36. The number of hydrogen-bond acceptors (Lipinski definition) is 2. The summed E-state index contributed by atoms with van der Waals surface area (Å²) in [6.07, 6.45) is 12.3. The van der Waals surface area contributed by atoms with Gasteiger partial charge in [0.15, 0.2) is 0 Å². The van der Waals surface area contributed by atoms with E-state index in [2.05, 4.69) is 19.9 Å². The Morgan fingerprint density at radius 1 is 0.562 bits per heavy atom. The quantitative estimate of drug-likeness (QED) is 0.604. The first-order valence-electron chi connectivity index (χ1n) is 4.85. The predicted octanol–water partition coefficient (Wildman–Crippen LogP) is 2.51. The van der Waals surface area contributed by atoms with Crippen molar-refractivity contribution in [3.63, 3.8) is 0 Å². The van der Waals surface area contributed by atoms with E-state index in [1.807, 2.05) is 42.7 Å². The molecule has 0 saturated heterocycles. The Labute approximate surface area is 94.4 Å². The van der Waals surface area contributed by atoms with E-state index < -0.39 is 0 Å². The number of aromatic nitrogens is 4. The molecule has 0 aliphatic carbocycles. The first-order valence-corrected chi connectivity index (χ1v) is 4.85. The van der Waals surface area contributed by atoms with Crippen LogP contribution in [-0.4, -0.2) is 19.9 Å². The van der Waals surface area contributed by atoms with E-state index in [1.54, 1.807) is 31.1 Å². The highest BCUT2D eigenvalue weighted by Crippen LogP contribution is 1.73. The lowest BCUT2D eigenvalue weighted by molar-refractivity contribution is 1.31. The molecule has 0 bridgehead atoms. The summed E-state index contributed by atoms with van der Waals surface area (Å²) in [5.74, 6) is 0. The zero-order valence-corrected chi connectivity index (χ0v) is 8.82. The van der Waals surface area contributed by atoms with Crippen molar-refractivity contribution in [2.75, 3.05) is 0 Å². The third-order valence-electron chi connectivity index (χ3n) is 1.47. The molecule has 0 aliphatic rings. The molecule has 82 valence electrons. The van der Waals surface area contributed by atoms with Crippen LogP contribution in [0.1, 0.15) is 0 Å². The van der Waals surface area contributed by atoms with E-state index in [9.17, 15) is 0 Å². The van der Waals surface area contributed by atoms with E-state index in [-0.39, 0.29) is 0 Å². The zero-order chi connectivity index (χ0) is 11.3. The maximum atomic E-state index is 3.78. The lowest BCUT2D eigenvalue weighted by atomic mass is 10.5. The fourth-order valence-corrected chi connectivity index (χ4v) is 0.806. The number of nitrogens with zero attached hydrogens (tertiary/aromatic N) is 2. The van der Waals surface area contributed by atoms with E-state index in [4.69, 9.17) is 0 Å². The molecule has 0 spiro atoms. The normalized spacial score (nSPS) is 8.00. The van der Waals surface area contributed by atoms with Gasteiger partial charge in [-0.15, -0.1) is 0 Å². The van der Waals surface area contributed by atoms with Crippen molar-refractivity contribution in [3.05, 3.63) is 73.8 Å². The van der Waals surface area contributed by atoms with Crippen LogP contribution in [0, 0.1) is 0 Å². The highest BCUT2D eigenvalue weighted by Gasteiger charge is 1.58. The summed E-state index contributed by atoms with van der Waals surface area (Å²) >= 11 is 0. The summed E-state index contributed by atoms with van der Waals surface area (Å²) in [5.41, 5.74) is 0. The van der Waals surface area contributed by atoms with Crippen molar-refractivity contribution in [1.82, 2.24) is 19.9 Å². The molecule has 3 aromatic heterocycles. The van der Waals surface area contributed by atoms with Gasteiger partial charge in [0.1, 0.15) is 0 Å². The second kappa shape index (κ2) is 9.21. The minimum atomic E-state index is 1.62. The molecule has 4 nitrogen and oxygen atoms in total. The lowest BCUT2D eigenvalue weighted by Gasteiger charge is -1.70. The van der Waals surface area contributed by atoms with E-state index in [0.29, 0.717) is 0 Å². The largest absolute Gasteiger partial charge is 0.368 e. The summed E-state index contributed by atoms with van der Waals surface area (Å²) < 4.78 is 0. The van der Waals surface area contributed by atoms with Crippen molar-refractivity contribution >= 4 is 0 Å². The molecule has 3 aromatic rings. The summed E-state index contributed by atoms with van der Waals surface area (Å²) in [6, 6.07) is 9.60. The molecular formula is C12H14N4. The number of H-pyrrole nitrogens is 2. The average Bonchev–Trinajstić information content (AvgIpc) is 3.10. The molecule has 0 radical (unpaired) electrons. The van der Waals surface area contributed by atoms with Gasteiger partial charge in [0, 0.05) is 37.2 Å². The Balaban J connectivity index is 0.000000121. The van der Waals surface area contributed by atoms with Crippen molar-refractivity contribution < 1.29 is 0 Å². The summed E-state index contributed by atoms with van der Waals surface area (Å²) in [5, 5.41) is 0. The lowest BCUT2D eigenvalue weighted by Crippen LogP contribution is -1.58. The molecule has 4 heteroatoms. The van der Waals surface area contributed by atoms with Crippen LogP contribution in [0.5, 0.6) is 0 Å². The maximum absolute atomic E-state index is 3.78. The minimum absolute atomic E-state index is 1.62. The fourth-order valence-electron chi connectivity index (χ4n) is 0.806. The number of nitrogens with one attached hydrogen (secondary N) is 2. The first-order chi connectivity index (χ1) is 8.00.